The molecule has 0 radical (unpaired) electrons. The summed E-state index contributed by atoms with van der Waals surface area (Å²) in [6.07, 6.45) is 2.16. The van der Waals surface area contributed by atoms with Crippen LogP contribution in [0.25, 0.3) is 5.52 Å². The number of fused-ring (bicyclic) bond motifs is 1. The third-order valence-corrected chi connectivity index (χ3v) is 7.03. The first kappa shape index (κ1) is 33.4. The standard InChI is InChI=1S/C33H44N6O6/c1-22-28(36-23-10-9-17-37(21-23)30(40)44-32(2,3)4)26(20-34)27-15-16-35-39(27)29(22)38(31(41)45-33(5,6)7)24-11-13-25(14-12-24)43-19-18-42-8/h11-16,23,36H,9-10,17-19,21H2,1-8H3/t23-/m1/s1. The monoisotopic (exact) mass is 620 g/mol. The predicted molar refractivity (Wildman–Crippen MR) is 171 cm³/mol. The number of carbonyl (C=O) groups excluding carboxylic acids is 2. The molecule has 2 aromatic heterocycles. The van der Waals surface area contributed by atoms with Gasteiger partial charge in [-0.3, -0.25) is 0 Å². The summed E-state index contributed by atoms with van der Waals surface area (Å²) in [6, 6.07) is 11.0. The van der Waals surface area contributed by atoms with Crippen LogP contribution in [0.2, 0.25) is 0 Å². The Hall–Kier alpha value is -4.50. The fraction of sp³-hybridized carbons (Fsp3) is 0.515. The van der Waals surface area contributed by atoms with E-state index < -0.39 is 17.3 Å². The number of hydrogen-bond acceptors (Lipinski definition) is 9. The van der Waals surface area contributed by atoms with Crippen molar-refractivity contribution in [2.24, 2.45) is 0 Å². The van der Waals surface area contributed by atoms with Crippen LogP contribution in [-0.4, -0.2) is 77.4 Å². The summed E-state index contributed by atoms with van der Waals surface area (Å²) in [5.41, 5.74) is 1.21. The molecule has 1 aliphatic rings. The number of benzene rings is 1. The third-order valence-electron chi connectivity index (χ3n) is 7.03. The molecule has 3 aromatic rings. The maximum absolute atomic E-state index is 13.9. The molecule has 45 heavy (non-hydrogen) atoms. The maximum atomic E-state index is 13.9. The van der Waals surface area contributed by atoms with Crippen LogP contribution in [0.1, 0.15) is 65.5 Å². The Labute approximate surface area is 264 Å². The zero-order valence-corrected chi connectivity index (χ0v) is 27.5. The lowest BCUT2D eigenvalue weighted by atomic mass is 10.0. The minimum Gasteiger partial charge on any atom is -0.491 e. The number of ether oxygens (including phenoxy) is 4. The Morgan fingerprint density at radius 1 is 1.07 bits per heavy atom. The number of amides is 2. The number of piperidine rings is 1. The van der Waals surface area contributed by atoms with E-state index in [4.69, 9.17) is 18.9 Å². The molecular formula is C33H44N6O6. The summed E-state index contributed by atoms with van der Waals surface area (Å²) in [5.74, 6) is 1.04. The largest absolute Gasteiger partial charge is 0.491 e. The van der Waals surface area contributed by atoms with E-state index in [-0.39, 0.29) is 12.1 Å². The first-order chi connectivity index (χ1) is 21.2. The second kappa shape index (κ2) is 13.6. The second-order valence-corrected chi connectivity index (χ2v) is 13.0. The summed E-state index contributed by atoms with van der Waals surface area (Å²) in [6.45, 7) is 14.6. The van der Waals surface area contributed by atoms with Crippen molar-refractivity contribution in [3.8, 4) is 11.8 Å². The highest BCUT2D eigenvalue weighted by Gasteiger charge is 2.33. The lowest BCUT2D eigenvalue weighted by Crippen LogP contribution is -2.47. The number of rotatable bonds is 8. The molecule has 0 aliphatic carbocycles. The summed E-state index contributed by atoms with van der Waals surface area (Å²) in [5, 5.41) is 18.4. The van der Waals surface area contributed by atoms with Gasteiger partial charge in [0.2, 0.25) is 0 Å². The molecule has 1 N–H and O–H groups in total. The molecule has 0 saturated carbocycles. The van der Waals surface area contributed by atoms with Crippen LogP contribution in [0.15, 0.2) is 36.5 Å². The van der Waals surface area contributed by atoms with E-state index >= 15 is 0 Å². The summed E-state index contributed by atoms with van der Waals surface area (Å²) >= 11 is 0. The van der Waals surface area contributed by atoms with Gasteiger partial charge in [-0.2, -0.15) is 10.4 Å². The van der Waals surface area contributed by atoms with Crippen molar-refractivity contribution in [2.45, 2.75) is 78.6 Å². The van der Waals surface area contributed by atoms with E-state index in [0.717, 1.165) is 12.8 Å². The molecule has 4 rings (SSSR count). The van der Waals surface area contributed by atoms with Crippen LogP contribution in [0.4, 0.5) is 26.8 Å². The minimum absolute atomic E-state index is 0.159. The quantitative estimate of drug-likeness (QED) is 0.283. The Kier molecular flexibility index (Phi) is 10.1. The molecule has 1 aromatic carbocycles. The van der Waals surface area contributed by atoms with Crippen LogP contribution in [0, 0.1) is 18.3 Å². The molecule has 12 heteroatoms. The topological polar surface area (TPSA) is 131 Å². The molecule has 1 aliphatic heterocycles. The Balaban J connectivity index is 1.78. The number of anilines is 3. The summed E-state index contributed by atoms with van der Waals surface area (Å²) in [7, 11) is 1.61. The van der Waals surface area contributed by atoms with Gasteiger partial charge in [-0.05, 0) is 91.6 Å². The van der Waals surface area contributed by atoms with Crippen molar-refractivity contribution in [3.63, 3.8) is 0 Å². The van der Waals surface area contributed by atoms with Crippen LogP contribution in [0.5, 0.6) is 5.75 Å². The van der Waals surface area contributed by atoms with E-state index in [0.29, 0.717) is 65.9 Å². The Morgan fingerprint density at radius 3 is 2.38 bits per heavy atom. The number of carbonyl (C=O) groups is 2. The molecule has 1 fully saturated rings. The van der Waals surface area contributed by atoms with E-state index in [1.807, 2.05) is 27.7 Å². The van der Waals surface area contributed by atoms with Gasteiger partial charge in [-0.1, -0.05) is 0 Å². The number of aromatic nitrogens is 2. The number of nitrogens with zero attached hydrogens (tertiary/aromatic N) is 5. The molecule has 3 heterocycles. The number of methoxy groups -OCH3 is 1. The highest BCUT2D eigenvalue weighted by molar-refractivity contribution is 5.98. The van der Waals surface area contributed by atoms with Crippen molar-refractivity contribution in [3.05, 3.63) is 47.7 Å². The first-order valence-electron chi connectivity index (χ1n) is 15.1. The van der Waals surface area contributed by atoms with Gasteiger partial charge in [0.1, 0.15) is 41.0 Å². The van der Waals surface area contributed by atoms with Gasteiger partial charge in [0, 0.05) is 31.8 Å². The van der Waals surface area contributed by atoms with Gasteiger partial charge in [0.15, 0.2) is 0 Å². The zero-order valence-electron chi connectivity index (χ0n) is 27.5. The fourth-order valence-corrected chi connectivity index (χ4v) is 5.15. The van der Waals surface area contributed by atoms with Crippen molar-refractivity contribution in [1.29, 1.82) is 5.26 Å². The number of nitriles is 1. The third kappa shape index (κ3) is 8.16. The molecule has 242 valence electrons. The van der Waals surface area contributed by atoms with Crippen molar-refractivity contribution in [1.82, 2.24) is 14.5 Å². The van der Waals surface area contributed by atoms with Crippen LogP contribution in [-0.2, 0) is 14.2 Å². The Bertz CT molecular complexity index is 1550. The number of hydrogen-bond donors (Lipinski definition) is 1. The van der Waals surface area contributed by atoms with E-state index in [1.165, 1.54) is 4.90 Å². The minimum atomic E-state index is -0.781. The summed E-state index contributed by atoms with van der Waals surface area (Å²) < 4.78 is 23.9. The SMILES string of the molecule is COCCOc1ccc(N(C(=O)OC(C)(C)C)c2c(C)c(N[C@@H]3CCCN(C(=O)OC(C)(C)C)C3)c(C#N)c3ccnn23)cc1. The zero-order chi connectivity index (χ0) is 32.9. The van der Waals surface area contributed by atoms with Gasteiger partial charge in [-0.25, -0.2) is 19.0 Å². The van der Waals surface area contributed by atoms with Crippen molar-refractivity contribution >= 4 is 34.9 Å². The molecule has 0 bridgehead atoms. The number of nitrogens with one attached hydrogen (secondary N) is 1. The lowest BCUT2D eigenvalue weighted by molar-refractivity contribution is 0.0206. The maximum Gasteiger partial charge on any atom is 0.420 e. The average Bonchev–Trinajstić information content (AvgIpc) is 3.44. The number of pyridine rings is 1. The Morgan fingerprint density at radius 2 is 1.76 bits per heavy atom. The van der Waals surface area contributed by atoms with Gasteiger partial charge < -0.3 is 29.2 Å². The first-order valence-corrected chi connectivity index (χ1v) is 15.1. The normalized spacial score (nSPS) is 15.4. The van der Waals surface area contributed by atoms with Crippen LogP contribution >= 0.6 is 0 Å². The van der Waals surface area contributed by atoms with E-state index in [2.05, 4.69) is 16.5 Å². The molecule has 2 amide bonds. The smallest absolute Gasteiger partial charge is 0.420 e. The van der Waals surface area contributed by atoms with Gasteiger partial charge in [-0.15, -0.1) is 0 Å². The van der Waals surface area contributed by atoms with Gasteiger partial charge in [0.25, 0.3) is 0 Å². The van der Waals surface area contributed by atoms with Gasteiger partial charge in [0.05, 0.1) is 29.7 Å². The summed E-state index contributed by atoms with van der Waals surface area (Å²) in [4.78, 5) is 29.9. The fourth-order valence-electron chi connectivity index (χ4n) is 5.15. The molecule has 1 saturated heterocycles. The molecular weight excluding hydrogens is 576 g/mol. The predicted octanol–water partition coefficient (Wildman–Crippen LogP) is 6.42. The highest BCUT2D eigenvalue weighted by atomic mass is 16.6. The van der Waals surface area contributed by atoms with Crippen LogP contribution in [0.3, 0.4) is 0 Å². The van der Waals surface area contributed by atoms with Crippen molar-refractivity contribution in [2.75, 3.05) is 43.6 Å². The molecule has 0 spiro atoms. The lowest BCUT2D eigenvalue weighted by Gasteiger charge is -2.35. The van der Waals surface area contributed by atoms with Crippen LogP contribution < -0.4 is 15.0 Å². The molecule has 0 unspecified atom stereocenters. The average molecular weight is 621 g/mol. The molecule has 1 atom stereocenters. The molecule has 12 nitrogen and oxygen atoms in total. The van der Waals surface area contributed by atoms with Gasteiger partial charge >= 0.3 is 12.2 Å². The van der Waals surface area contributed by atoms with E-state index in [1.54, 1.807) is 73.8 Å². The van der Waals surface area contributed by atoms with E-state index in [9.17, 15) is 14.9 Å². The van der Waals surface area contributed by atoms with Crippen molar-refractivity contribution < 1.29 is 28.5 Å². The highest BCUT2D eigenvalue weighted by Crippen LogP contribution is 2.38. The second-order valence-electron chi connectivity index (χ2n) is 13.0. The number of likely N-dealkylation sites (tertiary alicyclic amines) is 1.